The van der Waals surface area contributed by atoms with Crippen LogP contribution in [0.3, 0.4) is 0 Å². The summed E-state index contributed by atoms with van der Waals surface area (Å²) in [6.07, 6.45) is 1.38. The Hall–Kier alpha value is -1.16. The number of Topliss-reactive ketones (excluding diaryl/α,β-unsaturated/α-hetero) is 1. The van der Waals surface area contributed by atoms with Crippen LogP contribution >= 0.6 is 15.9 Å². The summed E-state index contributed by atoms with van der Waals surface area (Å²) in [5.74, 6) is 0.603. The van der Waals surface area contributed by atoms with E-state index in [0.29, 0.717) is 23.2 Å². The van der Waals surface area contributed by atoms with Crippen LogP contribution in [0, 0.1) is 5.92 Å². The van der Waals surface area contributed by atoms with Crippen LogP contribution in [0.5, 0.6) is 0 Å². The van der Waals surface area contributed by atoms with Crippen molar-refractivity contribution in [1.82, 2.24) is 0 Å². The highest BCUT2D eigenvalue weighted by Crippen LogP contribution is 2.34. The lowest BCUT2D eigenvalue weighted by molar-refractivity contribution is -0.119. The molecule has 0 saturated heterocycles. The van der Waals surface area contributed by atoms with Crippen molar-refractivity contribution in [3.05, 3.63) is 29.3 Å². The third-order valence-electron chi connectivity index (χ3n) is 3.59. The molecular formula is C16H20BrNO2. The summed E-state index contributed by atoms with van der Waals surface area (Å²) in [6, 6.07) is 5.83. The predicted molar refractivity (Wildman–Crippen MR) is 84.7 cm³/mol. The topological polar surface area (TPSA) is 37.4 Å². The van der Waals surface area contributed by atoms with E-state index in [4.69, 9.17) is 0 Å². The van der Waals surface area contributed by atoms with Crippen molar-refractivity contribution in [1.29, 1.82) is 0 Å². The molecule has 1 aliphatic rings. The molecule has 1 heterocycles. The summed E-state index contributed by atoms with van der Waals surface area (Å²) < 4.78 is 0. The summed E-state index contributed by atoms with van der Waals surface area (Å²) in [5.41, 5.74) is 2.78. The number of ketones is 1. The maximum absolute atomic E-state index is 12.4. The first-order valence-corrected chi connectivity index (χ1v) is 8.10. The summed E-state index contributed by atoms with van der Waals surface area (Å²) in [4.78, 5) is 26.0. The van der Waals surface area contributed by atoms with Gasteiger partial charge in [-0.3, -0.25) is 9.59 Å². The highest BCUT2D eigenvalue weighted by molar-refractivity contribution is 9.09. The second-order valence-corrected chi connectivity index (χ2v) is 6.38. The highest BCUT2D eigenvalue weighted by Gasteiger charge is 2.31. The molecule has 20 heavy (non-hydrogen) atoms. The van der Waals surface area contributed by atoms with E-state index < -0.39 is 0 Å². The fourth-order valence-electron chi connectivity index (χ4n) is 2.71. The highest BCUT2D eigenvalue weighted by atomic mass is 79.9. The van der Waals surface area contributed by atoms with Gasteiger partial charge in [0, 0.05) is 23.7 Å². The van der Waals surface area contributed by atoms with Crippen LogP contribution < -0.4 is 4.90 Å². The third kappa shape index (κ3) is 2.95. The van der Waals surface area contributed by atoms with Crippen molar-refractivity contribution in [3.8, 4) is 0 Å². The molecule has 0 saturated carbocycles. The standard InChI is InChI=1S/C16H20BrNO2/c1-10(2)6-16(20)18-11(3)7-13-8-12(15(19)9-17)4-5-14(13)18/h4-5,8,10-11H,6-7,9H2,1-3H3. The number of fused-ring (bicyclic) bond motifs is 1. The number of nitrogens with zero attached hydrogens (tertiary/aromatic N) is 1. The Morgan fingerprint density at radius 1 is 1.40 bits per heavy atom. The van der Waals surface area contributed by atoms with Crippen LogP contribution in [-0.2, 0) is 11.2 Å². The van der Waals surface area contributed by atoms with Gasteiger partial charge in [-0.25, -0.2) is 0 Å². The number of carbonyl (C=O) groups is 2. The lowest BCUT2D eigenvalue weighted by Gasteiger charge is -2.23. The van der Waals surface area contributed by atoms with E-state index in [2.05, 4.69) is 36.7 Å². The van der Waals surface area contributed by atoms with E-state index in [1.807, 2.05) is 23.1 Å². The summed E-state index contributed by atoms with van der Waals surface area (Å²) in [7, 11) is 0. The third-order valence-corrected chi connectivity index (χ3v) is 4.10. The van der Waals surface area contributed by atoms with Crippen LogP contribution in [-0.4, -0.2) is 23.1 Å². The Labute approximate surface area is 128 Å². The smallest absolute Gasteiger partial charge is 0.227 e. The SMILES string of the molecule is CC(C)CC(=O)N1c2ccc(C(=O)CBr)cc2CC1C. The van der Waals surface area contributed by atoms with Gasteiger partial charge in [-0.15, -0.1) is 0 Å². The van der Waals surface area contributed by atoms with Crippen LogP contribution in [0.4, 0.5) is 5.69 Å². The minimum absolute atomic E-state index is 0.0763. The van der Waals surface area contributed by atoms with E-state index in [-0.39, 0.29) is 17.7 Å². The maximum atomic E-state index is 12.4. The largest absolute Gasteiger partial charge is 0.309 e. The molecule has 108 valence electrons. The van der Waals surface area contributed by atoms with Gasteiger partial charge in [0.05, 0.1) is 5.33 Å². The molecule has 0 radical (unpaired) electrons. The van der Waals surface area contributed by atoms with E-state index in [9.17, 15) is 9.59 Å². The van der Waals surface area contributed by atoms with Crippen LogP contribution in [0.1, 0.15) is 43.1 Å². The molecule has 0 fully saturated rings. The molecule has 1 aliphatic heterocycles. The molecule has 0 bridgehead atoms. The molecule has 1 aromatic rings. The Balaban J connectivity index is 2.30. The summed E-state index contributed by atoms with van der Waals surface area (Å²) >= 11 is 3.19. The lowest BCUT2D eigenvalue weighted by Crippen LogP contribution is -2.36. The minimum atomic E-state index is 0.0763. The quantitative estimate of drug-likeness (QED) is 0.622. The number of hydrogen-bond donors (Lipinski definition) is 0. The van der Waals surface area contributed by atoms with Gasteiger partial charge < -0.3 is 4.90 Å². The number of rotatable bonds is 4. The second kappa shape index (κ2) is 6.08. The van der Waals surface area contributed by atoms with Crippen molar-refractivity contribution >= 4 is 33.3 Å². The molecule has 0 N–H and O–H groups in total. The first-order valence-electron chi connectivity index (χ1n) is 6.98. The van der Waals surface area contributed by atoms with Gasteiger partial charge in [-0.1, -0.05) is 29.8 Å². The monoisotopic (exact) mass is 337 g/mol. The molecule has 0 spiro atoms. The Kier molecular flexibility index (Phi) is 4.63. The lowest BCUT2D eigenvalue weighted by atomic mass is 10.0. The van der Waals surface area contributed by atoms with Gasteiger partial charge in [0.2, 0.25) is 5.91 Å². The van der Waals surface area contributed by atoms with Crippen LogP contribution in [0.25, 0.3) is 0 Å². The zero-order valence-corrected chi connectivity index (χ0v) is 13.7. The number of amides is 1. The van der Waals surface area contributed by atoms with Gasteiger partial charge in [-0.05, 0) is 43.0 Å². The number of benzene rings is 1. The molecule has 0 aromatic heterocycles. The average molecular weight is 338 g/mol. The van der Waals surface area contributed by atoms with Gasteiger partial charge in [-0.2, -0.15) is 0 Å². The fraction of sp³-hybridized carbons (Fsp3) is 0.500. The van der Waals surface area contributed by atoms with Crippen molar-refractivity contribution in [2.45, 2.75) is 39.7 Å². The molecular weight excluding hydrogens is 318 g/mol. The molecule has 2 rings (SSSR count). The van der Waals surface area contributed by atoms with E-state index in [0.717, 1.165) is 17.7 Å². The van der Waals surface area contributed by atoms with Gasteiger partial charge >= 0.3 is 0 Å². The van der Waals surface area contributed by atoms with Crippen molar-refractivity contribution in [3.63, 3.8) is 0 Å². The summed E-state index contributed by atoms with van der Waals surface area (Å²) in [5, 5.41) is 0.331. The number of hydrogen-bond acceptors (Lipinski definition) is 2. The molecule has 0 aliphatic carbocycles. The van der Waals surface area contributed by atoms with Crippen molar-refractivity contribution < 1.29 is 9.59 Å². The first-order chi connectivity index (χ1) is 9.43. The molecule has 1 atom stereocenters. The Bertz CT molecular complexity index is 539. The molecule has 1 amide bonds. The zero-order valence-electron chi connectivity index (χ0n) is 12.1. The molecule has 1 aromatic carbocycles. The van der Waals surface area contributed by atoms with E-state index >= 15 is 0 Å². The average Bonchev–Trinajstić information content (AvgIpc) is 2.71. The van der Waals surface area contributed by atoms with Gasteiger partial charge in [0.15, 0.2) is 5.78 Å². The van der Waals surface area contributed by atoms with Crippen LogP contribution in [0.2, 0.25) is 0 Å². The zero-order chi connectivity index (χ0) is 14.9. The first kappa shape index (κ1) is 15.2. The number of anilines is 1. The van der Waals surface area contributed by atoms with Gasteiger partial charge in [0.25, 0.3) is 0 Å². The van der Waals surface area contributed by atoms with Gasteiger partial charge in [0.1, 0.15) is 0 Å². The Morgan fingerprint density at radius 2 is 2.10 bits per heavy atom. The molecule has 1 unspecified atom stereocenters. The van der Waals surface area contributed by atoms with Crippen molar-refractivity contribution in [2.75, 3.05) is 10.2 Å². The number of carbonyl (C=O) groups excluding carboxylic acids is 2. The van der Waals surface area contributed by atoms with Crippen molar-refractivity contribution in [2.24, 2.45) is 5.92 Å². The second-order valence-electron chi connectivity index (χ2n) is 5.82. The summed E-state index contributed by atoms with van der Waals surface area (Å²) in [6.45, 7) is 6.17. The minimum Gasteiger partial charge on any atom is -0.309 e. The fourth-order valence-corrected chi connectivity index (χ4v) is 3.03. The Morgan fingerprint density at radius 3 is 2.70 bits per heavy atom. The van der Waals surface area contributed by atoms with E-state index in [1.54, 1.807) is 0 Å². The predicted octanol–water partition coefficient (Wildman–Crippen LogP) is 3.59. The maximum Gasteiger partial charge on any atom is 0.227 e. The number of alkyl halides is 1. The van der Waals surface area contributed by atoms with Crippen LogP contribution in [0.15, 0.2) is 18.2 Å². The number of halogens is 1. The molecule has 3 nitrogen and oxygen atoms in total. The normalized spacial score (nSPS) is 17.4. The van der Waals surface area contributed by atoms with E-state index in [1.165, 1.54) is 0 Å². The molecule has 4 heteroatoms.